The van der Waals surface area contributed by atoms with Crippen LogP contribution in [0.25, 0.3) is 0 Å². The molecule has 2 saturated heterocycles. The normalized spacial score (nSPS) is 34.4. The molecule has 2 aliphatic heterocycles. The van der Waals surface area contributed by atoms with Crippen LogP contribution in [0.1, 0.15) is 164 Å². The lowest BCUT2D eigenvalue weighted by Gasteiger charge is -2.58. The lowest BCUT2D eigenvalue weighted by atomic mass is 9.47. The van der Waals surface area contributed by atoms with E-state index >= 15 is 0 Å². The zero-order valence-electron chi connectivity index (χ0n) is 49.1. The van der Waals surface area contributed by atoms with E-state index in [4.69, 9.17) is 47.4 Å². The van der Waals surface area contributed by atoms with Crippen LogP contribution in [0.3, 0.4) is 0 Å². The first-order valence-electron chi connectivity index (χ1n) is 29.8. The second-order valence-electron chi connectivity index (χ2n) is 24.8. The summed E-state index contributed by atoms with van der Waals surface area (Å²) in [4.78, 5) is 81.0. The second-order valence-corrected chi connectivity index (χ2v) is 24.8. The molecule has 0 radical (unpaired) electrons. The number of hydrogen-bond donors (Lipinski definition) is 0. The van der Waals surface area contributed by atoms with E-state index in [9.17, 15) is 28.8 Å². The van der Waals surface area contributed by atoms with Crippen LogP contribution in [0, 0.1) is 46.3 Å². The maximum Gasteiger partial charge on any atom is 0.338 e. The Hall–Kier alpha value is -5.94. The monoisotopic (exact) mass is 1130 g/mol. The van der Waals surface area contributed by atoms with Crippen molar-refractivity contribution in [1.82, 2.24) is 0 Å². The van der Waals surface area contributed by atoms with E-state index in [0.717, 1.165) is 38.5 Å². The van der Waals surface area contributed by atoms with Gasteiger partial charge in [0.2, 0.25) is 0 Å². The molecular formula is C66H84O16. The van der Waals surface area contributed by atoms with Crippen LogP contribution in [-0.4, -0.2) is 110 Å². The molecule has 444 valence electrons. The van der Waals surface area contributed by atoms with Crippen molar-refractivity contribution >= 4 is 35.8 Å². The molecule has 16 nitrogen and oxygen atoms in total. The molecule has 0 amide bonds. The maximum absolute atomic E-state index is 14.5. The van der Waals surface area contributed by atoms with Crippen molar-refractivity contribution in [2.24, 2.45) is 46.3 Å². The van der Waals surface area contributed by atoms with Crippen LogP contribution in [0.2, 0.25) is 0 Å². The molecule has 0 bridgehead atoms. The third-order valence-corrected chi connectivity index (χ3v) is 19.0. The van der Waals surface area contributed by atoms with Gasteiger partial charge in [-0.05, 0) is 141 Å². The fraction of sp³-hybridized carbons (Fsp3) is 0.606. The first kappa shape index (κ1) is 60.6. The van der Waals surface area contributed by atoms with E-state index in [2.05, 4.69) is 40.7 Å². The Balaban J connectivity index is 1.05. The Morgan fingerprint density at radius 1 is 0.573 bits per heavy atom. The Kier molecular flexibility index (Phi) is 19.5. The Bertz CT molecular complexity index is 2730. The van der Waals surface area contributed by atoms with E-state index in [0.29, 0.717) is 41.9 Å². The molecule has 0 spiro atoms. The molecule has 3 saturated carbocycles. The third kappa shape index (κ3) is 13.5. The maximum atomic E-state index is 14.5. The van der Waals surface area contributed by atoms with Gasteiger partial charge in [0.05, 0.1) is 35.5 Å². The summed E-state index contributed by atoms with van der Waals surface area (Å²) in [6.45, 7) is 16.7. The van der Waals surface area contributed by atoms with Gasteiger partial charge in [-0.15, -0.1) is 0 Å². The fourth-order valence-corrected chi connectivity index (χ4v) is 15.1. The van der Waals surface area contributed by atoms with Gasteiger partial charge in [-0.2, -0.15) is 0 Å². The Morgan fingerprint density at radius 2 is 1.10 bits per heavy atom. The van der Waals surface area contributed by atoms with Crippen molar-refractivity contribution < 1.29 is 76.1 Å². The predicted octanol–water partition coefficient (Wildman–Crippen LogP) is 11.4. The summed E-state index contributed by atoms with van der Waals surface area (Å²) in [7, 11) is 0. The highest BCUT2D eigenvalue weighted by Crippen LogP contribution is 2.67. The van der Waals surface area contributed by atoms with Gasteiger partial charge in [0, 0.05) is 20.8 Å². The highest BCUT2D eigenvalue weighted by atomic mass is 16.8. The van der Waals surface area contributed by atoms with Gasteiger partial charge in [-0.1, -0.05) is 120 Å². The summed E-state index contributed by atoms with van der Waals surface area (Å²) >= 11 is 0. The quantitative estimate of drug-likeness (QED) is 0.0624. The van der Waals surface area contributed by atoms with Crippen molar-refractivity contribution in [1.29, 1.82) is 0 Å². The standard InChI is InChI=1S/C66H84O16/c1-38(2)20-19-21-39(3)50-30-31-51-49-29-28-47-36-48(32-34-65(47,8)52(49)33-35-66(50,51)9)78-64-59(82-62(72)46-26-17-12-18-27-46)57(81-61(71)45-24-15-11-16-25-45)55(80-60(70)44-22-13-10-14-23-44)53(79-64)37-73-63-58(77-43(7)69)56(76-42(6)68)54(40(4)74-63)75-41(5)67/h10-18,22-28,38-40,48-59,63-64H,19-21,29-37H2,1-9H3/t39-,40+,48+,49+,50-,51+,52+,53-,54+,55-,56-,57+,58-,59-,63-,64-,65+,66-/m1/s1. The average Bonchev–Trinajstić information content (AvgIpc) is 3.76. The van der Waals surface area contributed by atoms with Crippen molar-refractivity contribution in [2.75, 3.05) is 6.61 Å². The summed E-state index contributed by atoms with van der Waals surface area (Å²) in [5.41, 5.74) is 2.14. The summed E-state index contributed by atoms with van der Waals surface area (Å²) in [5.74, 6) is -0.692. The topological polar surface area (TPSA) is 195 Å². The van der Waals surface area contributed by atoms with Gasteiger partial charge in [0.1, 0.15) is 6.10 Å². The van der Waals surface area contributed by atoms with Gasteiger partial charge < -0.3 is 47.4 Å². The lowest BCUT2D eigenvalue weighted by molar-refractivity contribution is -0.333. The van der Waals surface area contributed by atoms with E-state index in [1.165, 1.54) is 57.4 Å². The summed E-state index contributed by atoms with van der Waals surface area (Å²) in [6.07, 6.45) is -0.175. The smallest absolute Gasteiger partial charge is 0.338 e. The van der Waals surface area contributed by atoms with Crippen LogP contribution in [0.5, 0.6) is 0 Å². The molecule has 0 N–H and O–H groups in total. The minimum atomic E-state index is -1.61. The molecule has 3 aromatic rings. The zero-order chi connectivity index (χ0) is 58.5. The molecular weight excluding hydrogens is 1050 g/mol. The van der Waals surface area contributed by atoms with Gasteiger partial charge in [-0.25, -0.2) is 14.4 Å². The van der Waals surface area contributed by atoms with Gasteiger partial charge in [-0.3, -0.25) is 14.4 Å². The van der Waals surface area contributed by atoms with E-state index < -0.39 is 110 Å². The first-order valence-corrected chi connectivity index (χ1v) is 29.8. The van der Waals surface area contributed by atoms with Crippen molar-refractivity contribution in [3.63, 3.8) is 0 Å². The number of allylic oxidation sites excluding steroid dienone is 1. The first-order chi connectivity index (χ1) is 39.2. The number of esters is 6. The Morgan fingerprint density at radius 3 is 1.67 bits per heavy atom. The van der Waals surface area contributed by atoms with Crippen molar-refractivity contribution in [3.05, 3.63) is 119 Å². The minimum absolute atomic E-state index is 0.0490. The third-order valence-electron chi connectivity index (χ3n) is 19.0. The number of hydrogen-bond acceptors (Lipinski definition) is 16. The largest absolute Gasteiger partial charge is 0.456 e. The number of carbonyl (C=O) groups excluding carboxylic acids is 6. The average molecular weight is 1130 g/mol. The van der Waals surface area contributed by atoms with Crippen LogP contribution >= 0.6 is 0 Å². The van der Waals surface area contributed by atoms with E-state index in [1.807, 2.05) is 0 Å². The molecule has 6 aliphatic rings. The molecule has 2 heterocycles. The molecule has 9 rings (SSSR count). The molecule has 3 aromatic carbocycles. The highest BCUT2D eigenvalue weighted by molar-refractivity contribution is 5.91. The molecule has 0 unspecified atom stereocenters. The molecule has 5 fully saturated rings. The number of rotatable bonds is 19. The molecule has 0 aromatic heterocycles. The summed E-state index contributed by atoms with van der Waals surface area (Å²) in [5, 5.41) is 0. The number of carbonyl (C=O) groups is 6. The predicted molar refractivity (Wildman–Crippen MR) is 300 cm³/mol. The summed E-state index contributed by atoms with van der Waals surface area (Å²) in [6, 6.07) is 24.8. The Labute approximate surface area is 482 Å². The number of ether oxygens (including phenoxy) is 10. The van der Waals surface area contributed by atoms with Gasteiger partial charge >= 0.3 is 35.8 Å². The SMILES string of the molecule is CC(=O)O[C@@H]1[C@@H](OC(C)=O)[C@H](C)O[C@@H](OC[C@H]2O[C@@H](O[C@H]3CC[C@@]4(C)C(=CC[C@H]5[C@@H]6CC[C@H]([C@H](C)CCCC(C)C)[C@@]6(C)CC[C@@H]54)C3)[C@H](OC(=O)c3ccccc3)[C@@H](OC(=O)c3ccccc3)[C@@H]2OC(=O)c2ccccc2)[C@@H]1OC(C)=O. The lowest BCUT2D eigenvalue weighted by Crippen LogP contribution is -2.65. The second kappa shape index (κ2) is 26.3. The van der Waals surface area contributed by atoms with Gasteiger partial charge in [0.25, 0.3) is 0 Å². The van der Waals surface area contributed by atoms with E-state index in [-0.39, 0.29) is 22.1 Å². The zero-order valence-corrected chi connectivity index (χ0v) is 49.1. The number of benzene rings is 3. The fourth-order valence-electron chi connectivity index (χ4n) is 15.1. The van der Waals surface area contributed by atoms with Crippen LogP contribution in [-0.2, 0) is 61.8 Å². The van der Waals surface area contributed by atoms with Crippen LogP contribution in [0.15, 0.2) is 103 Å². The minimum Gasteiger partial charge on any atom is -0.456 e. The summed E-state index contributed by atoms with van der Waals surface area (Å²) < 4.78 is 63.0. The number of fused-ring (bicyclic) bond motifs is 5. The molecule has 18 atom stereocenters. The van der Waals surface area contributed by atoms with E-state index in [1.54, 1.807) is 97.9 Å². The van der Waals surface area contributed by atoms with Crippen LogP contribution < -0.4 is 0 Å². The molecule has 4 aliphatic carbocycles. The van der Waals surface area contributed by atoms with Crippen LogP contribution in [0.4, 0.5) is 0 Å². The molecule has 16 heteroatoms. The molecule has 82 heavy (non-hydrogen) atoms. The van der Waals surface area contributed by atoms with Crippen molar-refractivity contribution in [3.8, 4) is 0 Å². The highest BCUT2D eigenvalue weighted by Gasteiger charge is 2.61. The van der Waals surface area contributed by atoms with Crippen molar-refractivity contribution in [2.45, 2.75) is 200 Å². The van der Waals surface area contributed by atoms with Gasteiger partial charge in [0.15, 0.2) is 49.2 Å².